The van der Waals surface area contributed by atoms with Crippen LogP contribution in [0, 0.1) is 12.3 Å². The number of hydrogen-bond donors (Lipinski definition) is 1. The fourth-order valence-corrected chi connectivity index (χ4v) is 2.70. The van der Waals surface area contributed by atoms with Crippen molar-refractivity contribution in [1.29, 1.82) is 0 Å². The van der Waals surface area contributed by atoms with Crippen LogP contribution in [0.5, 0.6) is 0 Å². The highest BCUT2D eigenvalue weighted by Gasteiger charge is 2.23. The molecule has 0 spiro atoms. The Morgan fingerprint density at radius 1 is 1.26 bits per heavy atom. The van der Waals surface area contributed by atoms with Gasteiger partial charge < -0.3 is 14.7 Å². The van der Waals surface area contributed by atoms with E-state index in [1.54, 1.807) is 0 Å². The average Bonchev–Trinajstić information content (AvgIpc) is 2.61. The maximum absolute atomic E-state index is 10.2. The van der Waals surface area contributed by atoms with E-state index in [4.69, 9.17) is 11.2 Å². The Morgan fingerprint density at radius 2 is 1.91 bits per heavy atom. The molecular formula is C19H28N2O2. The Bertz CT molecular complexity index is 506. The van der Waals surface area contributed by atoms with Crippen molar-refractivity contribution in [1.82, 2.24) is 4.90 Å². The van der Waals surface area contributed by atoms with E-state index in [9.17, 15) is 5.11 Å². The highest BCUT2D eigenvalue weighted by atomic mass is 16.5. The molecule has 23 heavy (non-hydrogen) atoms. The summed E-state index contributed by atoms with van der Waals surface area (Å²) >= 11 is 0. The molecule has 1 aliphatic heterocycles. The van der Waals surface area contributed by atoms with Gasteiger partial charge in [-0.1, -0.05) is 31.0 Å². The van der Waals surface area contributed by atoms with Crippen molar-refractivity contribution < 1.29 is 9.84 Å². The van der Waals surface area contributed by atoms with Gasteiger partial charge in [0, 0.05) is 38.4 Å². The van der Waals surface area contributed by atoms with Crippen molar-refractivity contribution in [3.8, 4) is 12.3 Å². The van der Waals surface area contributed by atoms with Crippen LogP contribution >= 0.6 is 0 Å². The second-order valence-corrected chi connectivity index (χ2v) is 6.32. The number of aliphatic hydroxyl groups is 1. The SMILES string of the molecule is C#C[C@](C)(CC)OC[C@H](O)CN1CCN(c2ccccc2)CC1. The lowest BCUT2D eigenvalue weighted by Crippen LogP contribution is -2.49. The van der Waals surface area contributed by atoms with Gasteiger partial charge >= 0.3 is 0 Å². The minimum Gasteiger partial charge on any atom is -0.389 e. The molecule has 1 fully saturated rings. The van der Waals surface area contributed by atoms with Gasteiger partial charge in [-0.15, -0.1) is 6.42 Å². The molecule has 2 rings (SSSR count). The zero-order chi connectivity index (χ0) is 16.7. The van der Waals surface area contributed by atoms with E-state index in [0.717, 1.165) is 32.6 Å². The second kappa shape index (κ2) is 8.35. The molecule has 0 unspecified atom stereocenters. The van der Waals surface area contributed by atoms with Gasteiger partial charge in [0.05, 0.1) is 12.7 Å². The smallest absolute Gasteiger partial charge is 0.125 e. The van der Waals surface area contributed by atoms with Crippen molar-refractivity contribution >= 4 is 5.69 Å². The van der Waals surface area contributed by atoms with Crippen LogP contribution in [0.3, 0.4) is 0 Å². The largest absolute Gasteiger partial charge is 0.389 e. The minimum atomic E-state index is -0.576. The molecule has 0 saturated carbocycles. The number of benzene rings is 1. The Labute approximate surface area is 140 Å². The monoisotopic (exact) mass is 316 g/mol. The summed E-state index contributed by atoms with van der Waals surface area (Å²) in [6, 6.07) is 10.5. The first-order chi connectivity index (χ1) is 11.1. The molecule has 1 N–H and O–H groups in total. The number of terminal acetylenes is 1. The van der Waals surface area contributed by atoms with Crippen LogP contribution in [0.1, 0.15) is 20.3 Å². The summed E-state index contributed by atoms with van der Waals surface area (Å²) in [5.41, 5.74) is 0.691. The molecule has 1 saturated heterocycles. The number of para-hydroxylation sites is 1. The van der Waals surface area contributed by atoms with Crippen LogP contribution in [0.4, 0.5) is 5.69 Å². The number of piperazine rings is 1. The topological polar surface area (TPSA) is 35.9 Å². The molecule has 2 atom stereocenters. The minimum absolute atomic E-state index is 0.285. The second-order valence-electron chi connectivity index (χ2n) is 6.32. The van der Waals surface area contributed by atoms with Crippen molar-refractivity contribution in [2.45, 2.75) is 32.0 Å². The number of rotatable bonds is 7. The Balaban J connectivity index is 1.73. The number of aliphatic hydroxyl groups excluding tert-OH is 1. The molecule has 0 bridgehead atoms. The third-order valence-corrected chi connectivity index (χ3v) is 4.54. The van der Waals surface area contributed by atoms with Crippen molar-refractivity contribution in [3.05, 3.63) is 30.3 Å². The summed E-state index contributed by atoms with van der Waals surface area (Å²) in [4.78, 5) is 4.67. The Morgan fingerprint density at radius 3 is 2.48 bits per heavy atom. The lowest BCUT2D eigenvalue weighted by atomic mass is 10.1. The van der Waals surface area contributed by atoms with Gasteiger partial charge in [0.2, 0.25) is 0 Å². The fourth-order valence-electron chi connectivity index (χ4n) is 2.70. The van der Waals surface area contributed by atoms with Crippen LogP contribution in [0.25, 0.3) is 0 Å². The van der Waals surface area contributed by atoms with E-state index < -0.39 is 11.7 Å². The van der Waals surface area contributed by atoms with Gasteiger partial charge in [-0.2, -0.15) is 0 Å². The van der Waals surface area contributed by atoms with Crippen molar-refractivity contribution in [3.63, 3.8) is 0 Å². The standard InChI is InChI=1S/C19H28N2O2/c1-4-19(3,5-2)23-16-18(22)15-20-11-13-21(14-12-20)17-9-7-6-8-10-17/h1,6-10,18,22H,5,11-16H2,2-3H3/t18-,19-/m1/s1. The Hall–Kier alpha value is -1.54. The normalized spacial score (nSPS) is 19.8. The first-order valence-corrected chi connectivity index (χ1v) is 8.38. The molecule has 0 aromatic heterocycles. The predicted molar refractivity (Wildman–Crippen MR) is 94.6 cm³/mol. The van der Waals surface area contributed by atoms with E-state index in [1.165, 1.54) is 5.69 Å². The first kappa shape index (κ1) is 17.8. The van der Waals surface area contributed by atoms with Crippen molar-refractivity contribution in [2.75, 3.05) is 44.2 Å². The van der Waals surface area contributed by atoms with Crippen LogP contribution in [-0.4, -0.2) is 61.0 Å². The predicted octanol–water partition coefficient (Wildman–Crippen LogP) is 1.99. The molecule has 4 nitrogen and oxygen atoms in total. The van der Waals surface area contributed by atoms with Gasteiger partial charge in [-0.3, -0.25) is 4.90 Å². The molecule has 0 aliphatic carbocycles. The highest BCUT2D eigenvalue weighted by molar-refractivity contribution is 5.46. The molecule has 4 heteroatoms. The van der Waals surface area contributed by atoms with Gasteiger partial charge in [-0.25, -0.2) is 0 Å². The van der Waals surface area contributed by atoms with Crippen LogP contribution in [0.15, 0.2) is 30.3 Å². The summed E-state index contributed by atoms with van der Waals surface area (Å²) in [5.74, 6) is 2.66. The van der Waals surface area contributed by atoms with Crippen LogP contribution in [0.2, 0.25) is 0 Å². The van der Waals surface area contributed by atoms with Crippen molar-refractivity contribution in [2.24, 2.45) is 0 Å². The lowest BCUT2D eigenvalue weighted by Gasteiger charge is -2.37. The lowest BCUT2D eigenvalue weighted by molar-refractivity contribution is -0.0473. The molecule has 0 radical (unpaired) electrons. The molecule has 1 aromatic rings. The zero-order valence-electron chi connectivity index (χ0n) is 14.2. The van der Waals surface area contributed by atoms with Crippen LogP contribution < -0.4 is 4.90 Å². The fraction of sp³-hybridized carbons (Fsp3) is 0.579. The molecule has 1 heterocycles. The van der Waals surface area contributed by atoms with Gasteiger partial charge in [0.1, 0.15) is 5.60 Å². The number of anilines is 1. The van der Waals surface area contributed by atoms with E-state index in [2.05, 4.69) is 40.0 Å². The summed E-state index contributed by atoms with van der Waals surface area (Å²) in [6.07, 6.45) is 5.73. The van der Waals surface area contributed by atoms with Gasteiger partial charge in [-0.05, 0) is 25.5 Å². The summed E-state index contributed by atoms with van der Waals surface area (Å²) in [7, 11) is 0. The summed E-state index contributed by atoms with van der Waals surface area (Å²) in [6.45, 7) is 8.66. The van der Waals surface area contributed by atoms with Gasteiger partial charge in [0.25, 0.3) is 0 Å². The molecule has 0 amide bonds. The van der Waals surface area contributed by atoms with E-state index >= 15 is 0 Å². The van der Waals surface area contributed by atoms with Crippen LogP contribution in [-0.2, 0) is 4.74 Å². The average molecular weight is 316 g/mol. The van der Waals surface area contributed by atoms with E-state index in [1.807, 2.05) is 19.9 Å². The number of nitrogens with zero attached hydrogens (tertiary/aromatic N) is 2. The van der Waals surface area contributed by atoms with E-state index in [-0.39, 0.29) is 6.61 Å². The zero-order valence-corrected chi connectivity index (χ0v) is 14.2. The number of β-amino-alcohol motifs (C(OH)–C–C–N with tert-alkyl or cyclic N) is 1. The molecule has 1 aliphatic rings. The third-order valence-electron chi connectivity index (χ3n) is 4.54. The third kappa shape index (κ3) is 5.24. The number of hydrogen-bond acceptors (Lipinski definition) is 4. The summed E-state index contributed by atoms with van der Waals surface area (Å²) < 4.78 is 5.70. The Kier molecular flexibility index (Phi) is 6.47. The van der Waals surface area contributed by atoms with Gasteiger partial charge in [0.15, 0.2) is 0 Å². The molecular weight excluding hydrogens is 288 g/mol. The first-order valence-electron chi connectivity index (χ1n) is 8.38. The maximum atomic E-state index is 10.2. The highest BCUT2D eigenvalue weighted by Crippen LogP contribution is 2.16. The maximum Gasteiger partial charge on any atom is 0.125 e. The van der Waals surface area contributed by atoms with E-state index in [0.29, 0.717) is 6.54 Å². The quantitative estimate of drug-likeness (QED) is 0.781. The molecule has 1 aromatic carbocycles. The number of ether oxygens (including phenoxy) is 1. The summed E-state index contributed by atoms with van der Waals surface area (Å²) in [5, 5.41) is 10.2. The molecule has 126 valence electrons.